The van der Waals surface area contributed by atoms with Crippen molar-refractivity contribution < 1.29 is 18.0 Å². The van der Waals surface area contributed by atoms with Crippen LogP contribution in [0, 0.1) is 5.92 Å². The molecule has 33 heavy (non-hydrogen) atoms. The summed E-state index contributed by atoms with van der Waals surface area (Å²) in [5.74, 6) is -0.232. The summed E-state index contributed by atoms with van der Waals surface area (Å²) >= 11 is 4.63. The Morgan fingerprint density at radius 1 is 1.24 bits per heavy atom. The molecule has 0 radical (unpaired) electrons. The number of aromatic nitrogens is 1. The van der Waals surface area contributed by atoms with Crippen molar-refractivity contribution >= 4 is 54.2 Å². The molecule has 2 amide bonds. The molecule has 0 bridgehead atoms. The van der Waals surface area contributed by atoms with Gasteiger partial charge in [-0.2, -0.15) is 4.31 Å². The molecule has 1 aliphatic carbocycles. The summed E-state index contributed by atoms with van der Waals surface area (Å²) in [5.41, 5.74) is 0. The Kier molecular flexibility index (Phi) is 7.83. The Labute approximate surface area is 206 Å². The van der Waals surface area contributed by atoms with Crippen LogP contribution in [0.5, 0.6) is 0 Å². The standard InChI is InChI=1S/C22H27BrN4O4S2/c23-17-7-4-8-18(14-17)33(30,31)26-10-11-27(20(28)15-26)19(13-16-5-2-1-3-6-16)21(29)25-22-24-9-12-32-22/h4,7-9,12,14,16,19H,1-3,5-6,10-11,13,15H2,(H,24,25,29). The molecule has 1 saturated carbocycles. The van der Waals surface area contributed by atoms with Gasteiger partial charge in [0.2, 0.25) is 21.8 Å². The van der Waals surface area contributed by atoms with Crippen molar-refractivity contribution in [3.8, 4) is 0 Å². The summed E-state index contributed by atoms with van der Waals surface area (Å²) < 4.78 is 28.0. The van der Waals surface area contributed by atoms with E-state index >= 15 is 0 Å². The third kappa shape index (κ3) is 5.82. The predicted octanol–water partition coefficient (Wildman–Crippen LogP) is 3.72. The van der Waals surface area contributed by atoms with Crippen molar-refractivity contribution in [2.75, 3.05) is 25.0 Å². The minimum atomic E-state index is -3.81. The lowest BCUT2D eigenvalue weighted by Crippen LogP contribution is -2.58. The average Bonchev–Trinajstić information content (AvgIpc) is 3.31. The monoisotopic (exact) mass is 554 g/mol. The highest BCUT2D eigenvalue weighted by molar-refractivity contribution is 9.10. The molecule has 2 fully saturated rings. The molecule has 178 valence electrons. The molecule has 1 atom stereocenters. The fraction of sp³-hybridized carbons (Fsp3) is 0.500. The maximum atomic E-state index is 13.2. The molecule has 2 aliphatic rings. The van der Waals surface area contributed by atoms with E-state index in [0.717, 1.165) is 25.7 Å². The number of rotatable bonds is 7. The SMILES string of the molecule is O=C(Nc1nccs1)C(CC1CCCCC1)N1CCN(S(=O)(=O)c2cccc(Br)c2)CC1=O. The van der Waals surface area contributed by atoms with E-state index in [9.17, 15) is 18.0 Å². The van der Waals surface area contributed by atoms with Gasteiger partial charge in [-0.1, -0.05) is 54.1 Å². The zero-order valence-electron chi connectivity index (χ0n) is 18.2. The lowest BCUT2D eigenvalue weighted by Gasteiger charge is -2.39. The van der Waals surface area contributed by atoms with E-state index in [1.807, 2.05) is 0 Å². The average molecular weight is 556 g/mol. The fourth-order valence-corrected chi connectivity index (χ4v) is 7.07. The lowest BCUT2D eigenvalue weighted by molar-refractivity contribution is -0.142. The molecular formula is C22H27BrN4O4S2. The van der Waals surface area contributed by atoms with E-state index in [1.54, 1.807) is 28.6 Å². The number of anilines is 1. The van der Waals surface area contributed by atoms with Crippen LogP contribution in [0.1, 0.15) is 38.5 Å². The van der Waals surface area contributed by atoms with Crippen molar-refractivity contribution in [3.63, 3.8) is 0 Å². The second-order valence-corrected chi connectivity index (χ2v) is 12.2. The largest absolute Gasteiger partial charge is 0.328 e. The second kappa shape index (κ2) is 10.6. The number of carbonyl (C=O) groups excluding carboxylic acids is 2. The first-order chi connectivity index (χ1) is 15.8. The van der Waals surface area contributed by atoms with Gasteiger partial charge in [-0.3, -0.25) is 9.59 Å². The Morgan fingerprint density at radius 2 is 2.03 bits per heavy atom. The van der Waals surface area contributed by atoms with E-state index in [4.69, 9.17) is 0 Å². The van der Waals surface area contributed by atoms with E-state index in [-0.39, 0.29) is 36.3 Å². The lowest BCUT2D eigenvalue weighted by atomic mass is 9.84. The molecular weight excluding hydrogens is 528 g/mol. The molecule has 4 rings (SSSR count). The molecule has 2 heterocycles. The minimum absolute atomic E-state index is 0.137. The van der Waals surface area contributed by atoms with Gasteiger partial charge in [-0.05, 0) is 30.5 Å². The van der Waals surface area contributed by atoms with Crippen molar-refractivity contribution in [2.45, 2.75) is 49.5 Å². The zero-order valence-corrected chi connectivity index (χ0v) is 21.4. The molecule has 0 spiro atoms. The normalized spacial score (nSPS) is 19.4. The van der Waals surface area contributed by atoms with Gasteiger partial charge in [-0.15, -0.1) is 11.3 Å². The van der Waals surface area contributed by atoms with Crippen molar-refractivity contribution in [1.29, 1.82) is 0 Å². The number of nitrogens with zero attached hydrogens (tertiary/aromatic N) is 3. The molecule has 1 aliphatic heterocycles. The number of hydrogen-bond acceptors (Lipinski definition) is 6. The third-order valence-electron chi connectivity index (χ3n) is 6.28. The van der Waals surface area contributed by atoms with Crippen LogP contribution in [0.25, 0.3) is 0 Å². The van der Waals surface area contributed by atoms with Crippen molar-refractivity contribution in [1.82, 2.24) is 14.2 Å². The van der Waals surface area contributed by atoms with Gasteiger partial charge in [-0.25, -0.2) is 13.4 Å². The number of sulfonamides is 1. The summed E-state index contributed by atoms with van der Waals surface area (Å²) in [5, 5.41) is 5.12. The highest BCUT2D eigenvalue weighted by Gasteiger charge is 2.39. The molecule has 1 aromatic carbocycles. The van der Waals surface area contributed by atoms with Crippen LogP contribution >= 0.6 is 27.3 Å². The summed E-state index contributed by atoms with van der Waals surface area (Å²) in [7, 11) is -3.81. The van der Waals surface area contributed by atoms with E-state index in [1.165, 1.54) is 34.2 Å². The predicted molar refractivity (Wildman–Crippen MR) is 130 cm³/mol. The highest BCUT2D eigenvalue weighted by atomic mass is 79.9. The first kappa shape index (κ1) is 24.3. The number of amides is 2. The summed E-state index contributed by atoms with van der Waals surface area (Å²) in [4.78, 5) is 32.2. The van der Waals surface area contributed by atoms with Gasteiger partial charge in [0.15, 0.2) is 5.13 Å². The molecule has 1 unspecified atom stereocenters. The molecule has 11 heteroatoms. The number of nitrogens with one attached hydrogen (secondary N) is 1. The van der Waals surface area contributed by atoms with E-state index < -0.39 is 16.1 Å². The quantitative estimate of drug-likeness (QED) is 0.562. The summed E-state index contributed by atoms with van der Waals surface area (Å²) in [6.07, 6.45) is 7.78. The van der Waals surface area contributed by atoms with Crippen LogP contribution in [0.4, 0.5) is 5.13 Å². The number of hydrogen-bond donors (Lipinski definition) is 1. The highest BCUT2D eigenvalue weighted by Crippen LogP contribution is 2.30. The smallest absolute Gasteiger partial charge is 0.248 e. The summed E-state index contributed by atoms with van der Waals surface area (Å²) in [6, 6.07) is 5.81. The van der Waals surface area contributed by atoms with Gasteiger partial charge in [0.05, 0.1) is 11.4 Å². The van der Waals surface area contributed by atoms with Gasteiger partial charge in [0.25, 0.3) is 0 Å². The maximum absolute atomic E-state index is 13.2. The van der Waals surface area contributed by atoms with Crippen LogP contribution in [-0.2, 0) is 19.6 Å². The fourth-order valence-electron chi connectivity index (χ4n) is 4.56. The first-order valence-corrected chi connectivity index (χ1v) is 14.2. The molecule has 1 aromatic heterocycles. The summed E-state index contributed by atoms with van der Waals surface area (Å²) in [6.45, 7) is 0.0432. The van der Waals surface area contributed by atoms with Crippen molar-refractivity contribution in [3.05, 3.63) is 40.3 Å². The Hall–Kier alpha value is -1.82. The van der Waals surface area contributed by atoms with Crippen LogP contribution in [0.2, 0.25) is 0 Å². The van der Waals surface area contributed by atoms with E-state index in [0.29, 0.717) is 21.9 Å². The van der Waals surface area contributed by atoms with E-state index in [2.05, 4.69) is 26.2 Å². The van der Waals surface area contributed by atoms with Gasteiger partial charge < -0.3 is 10.2 Å². The topological polar surface area (TPSA) is 99.7 Å². The Morgan fingerprint density at radius 3 is 2.70 bits per heavy atom. The van der Waals surface area contributed by atoms with Gasteiger partial charge in [0, 0.05) is 29.1 Å². The molecule has 2 aromatic rings. The minimum Gasteiger partial charge on any atom is -0.328 e. The number of piperazine rings is 1. The van der Waals surface area contributed by atoms with Crippen LogP contribution < -0.4 is 5.32 Å². The molecule has 8 nitrogen and oxygen atoms in total. The van der Waals surface area contributed by atoms with Crippen LogP contribution in [0.15, 0.2) is 45.2 Å². The number of carbonyl (C=O) groups is 2. The third-order valence-corrected chi connectivity index (χ3v) is 9.30. The number of thiazole rings is 1. The first-order valence-electron chi connectivity index (χ1n) is 11.1. The maximum Gasteiger partial charge on any atom is 0.248 e. The molecule has 1 N–H and O–H groups in total. The van der Waals surface area contributed by atoms with Crippen LogP contribution in [-0.4, -0.2) is 60.1 Å². The molecule has 1 saturated heterocycles. The zero-order chi connectivity index (χ0) is 23.4. The number of benzene rings is 1. The number of halogens is 1. The Bertz CT molecular complexity index is 1090. The Balaban J connectivity index is 1.50. The second-order valence-electron chi connectivity index (χ2n) is 8.47. The van der Waals surface area contributed by atoms with Gasteiger partial charge in [0.1, 0.15) is 6.04 Å². The van der Waals surface area contributed by atoms with Crippen molar-refractivity contribution in [2.24, 2.45) is 5.92 Å². The van der Waals surface area contributed by atoms with Gasteiger partial charge >= 0.3 is 0 Å². The van der Waals surface area contributed by atoms with Crippen LogP contribution in [0.3, 0.4) is 0 Å².